The topological polar surface area (TPSA) is 0 Å². The lowest BCUT2D eigenvalue weighted by atomic mass is 9.68. The van der Waals surface area contributed by atoms with E-state index in [1.54, 1.807) is 25.7 Å². The fourth-order valence-electron chi connectivity index (χ4n) is 4.89. The van der Waals surface area contributed by atoms with Crippen molar-refractivity contribution in [1.29, 1.82) is 0 Å². The van der Waals surface area contributed by atoms with Crippen LogP contribution in [0.1, 0.15) is 97.3 Å². The summed E-state index contributed by atoms with van der Waals surface area (Å²) in [6.07, 6.45) is 24.2. The summed E-state index contributed by atoms with van der Waals surface area (Å²) in [6, 6.07) is 0. The third-order valence-corrected chi connectivity index (χ3v) is 6.31. The van der Waals surface area contributed by atoms with Crippen LogP contribution in [0.3, 0.4) is 0 Å². The van der Waals surface area contributed by atoms with Gasteiger partial charge in [-0.25, -0.2) is 0 Å². The molecular weight excluding hydrogens is 252 g/mol. The first-order chi connectivity index (χ1) is 10.3. The van der Waals surface area contributed by atoms with Crippen molar-refractivity contribution in [3.63, 3.8) is 0 Å². The van der Waals surface area contributed by atoms with Gasteiger partial charge >= 0.3 is 0 Å². The average Bonchev–Trinajstić information content (AvgIpc) is 2.53. The maximum absolute atomic E-state index is 2.45. The van der Waals surface area contributed by atoms with Crippen LogP contribution in [0.25, 0.3) is 0 Å². The van der Waals surface area contributed by atoms with Crippen molar-refractivity contribution >= 4 is 0 Å². The van der Waals surface area contributed by atoms with Crippen LogP contribution in [-0.4, -0.2) is 0 Å². The quantitative estimate of drug-likeness (QED) is 0.345. The van der Waals surface area contributed by atoms with Crippen molar-refractivity contribution in [3.05, 3.63) is 12.2 Å². The molecule has 122 valence electrons. The Kier molecular flexibility index (Phi) is 7.89. The molecule has 0 saturated heterocycles. The zero-order valence-electron chi connectivity index (χ0n) is 14.7. The highest BCUT2D eigenvalue weighted by Crippen LogP contribution is 2.42. The minimum absolute atomic E-state index is 0.904. The minimum atomic E-state index is 0.904. The summed E-state index contributed by atoms with van der Waals surface area (Å²) in [7, 11) is 0. The van der Waals surface area contributed by atoms with Crippen LogP contribution in [-0.2, 0) is 0 Å². The largest absolute Gasteiger partial charge is 0.0914 e. The van der Waals surface area contributed by atoms with Gasteiger partial charge in [-0.2, -0.15) is 0 Å². The molecule has 0 aromatic heterocycles. The Bertz CT molecular complexity index is 274. The molecule has 2 fully saturated rings. The van der Waals surface area contributed by atoms with E-state index in [9.17, 15) is 0 Å². The van der Waals surface area contributed by atoms with E-state index in [1.165, 1.54) is 57.8 Å². The van der Waals surface area contributed by atoms with Gasteiger partial charge in [0.05, 0.1) is 0 Å². The fourth-order valence-corrected chi connectivity index (χ4v) is 4.89. The molecule has 0 bridgehead atoms. The molecule has 0 aromatic carbocycles. The van der Waals surface area contributed by atoms with Crippen LogP contribution in [0.4, 0.5) is 0 Å². The summed E-state index contributed by atoms with van der Waals surface area (Å²) < 4.78 is 0. The van der Waals surface area contributed by atoms with Crippen molar-refractivity contribution < 1.29 is 0 Å². The highest BCUT2D eigenvalue weighted by Gasteiger charge is 2.29. The summed E-state index contributed by atoms with van der Waals surface area (Å²) in [6.45, 7) is 4.49. The molecule has 0 spiro atoms. The smallest absolute Gasteiger partial charge is 0.0233 e. The third-order valence-electron chi connectivity index (χ3n) is 6.31. The zero-order chi connectivity index (χ0) is 14.9. The van der Waals surface area contributed by atoms with E-state index in [2.05, 4.69) is 26.0 Å². The molecule has 0 radical (unpaired) electrons. The van der Waals surface area contributed by atoms with Crippen LogP contribution in [0.2, 0.25) is 0 Å². The summed E-state index contributed by atoms with van der Waals surface area (Å²) in [4.78, 5) is 0. The molecule has 2 aliphatic carbocycles. The van der Waals surface area contributed by atoms with Gasteiger partial charge in [0.25, 0.3) is 0 Å². The Morgan fingerprint density at radius 3 is 1.95 bits per heavy atom. The van der Waals surface area contributed by atoms with Crippen LogP contribution in [0, 0.1) is 23.7 Å². The van der Waals surface area contributed by atoms with Gasteiger partial charge in [-0.05, 0) is 69.1 Å². The lowest BCUT2D eigenvalue weighted by Gasteiger charge is -2.37. The van der Waals surface area contributed by atoms with E-state index in [0.29, 0.717) is 0 Å². The SMILES string of the molecule is CC=CC1CCC(C2CCC(CCCCCC)CC2)CC1. The van der Waals surface area contributed by atoms with Crippen molar-refractivity contribution in [2.24, 2.45) is 23.7 Å². The van der Waals surface area contributed by atoms with Crippen LogP contribution >= 0.6 is 0 Å². The number of unbranched alkanes of at least 4 members (excludes halogenated alkanes) is 3. The Morgan fingerprint density at radius 2 is 1.38 bits per heavy atom. The number of allylic oxidation sites excluding steroid dienone is 2. The molecule has 2 rings (SSSR count). The summed E-state index contributed by atoms with van der Waals surface area (Å²) in [5, 5.41) is 0. The summed E-state index contributed by atoms with van der Waals surface area (Å²) >= 11 is 0. The van der Waals surface area contributed by atoms with Crippen molar-refractivity contribution in [2.45, 2.75) is 97.3 Å². The Balaban J connectivity index is 1.61. The summed E-state index contributed by atoms with van der Waals surface area (Å²) in [5.74, 6) is 4.15. The van der Waals surface area contributed by atoms with Crippen molar-refractivity contribution in [3.8, 4) is 0 Å². The second kappa shape index (κ2) is 9.70. The van der Waals surface area contributed by atoms with E-state index in [-0.39, 0.29) is 0 Å². The first-order valence-corrected chi connectivity index (χ1v) is 9.96. The molecule has 0 N–H and O–H groups in total. The van der Waals surface area contributed by atoms with E-state index in [1.807, 2.05) is 0 Å². The molecule has 21 heavy (non-hydrogen) atoms. The van der Waals surface area contributed by atoms with Crippen LogP contribution in [0.5, 0.6) is 0 Å². The predicted molar refractivity (Wildman–Crippen MR) is 94.5 cm³/mol. The van der Waals surface area contributed by atoms with Gasteiger partial charge in [-0.15, -0.1) is 0 Å². The molecule has 0 heterocycles. The monoisotopic (exact) mass is 290 g/mol. The van der Waals surface area contributed by atoms with Gasteiger partial charge in [-0.1, -0.05) is 64.0 Å². The Labute approximate surface area is 133 Å². The first-order valence-electron chi connectivity index (χ1n) is 9.96. The molecular formula is C21H38. The van der Waals surface area contributed by atoms with Crippen molar-refractivity contribution in [2.75, 3.05) is 0 Å². The van der Waals surface area contributed by atoms with Gasteiger partial charge < -0.3 is 0 Å². The predicted octanol–water partition coefficient (Wildman–Crippen LogP) is 7.15. The minimum Gasteiger partial charge on any atom is -0.0914 e. The molecule has 0 amide bonds. The molecule has 0 aromatic rings. The van der Waals surface area contributed by atoms with Crippen LogP contribution < -0.4 is 0 Å². The Hall–Kier alpha value is -0.260. The molecule has 0 aliphatic heterocycles. The third kappa shape index (κ3) is 5.80. The maximum Gasteiger partial charge on any atom is -0.0233 e. The number of hydrogen-bond donors (Lipinski definition) is 0. The number of hydrogen-bond acceptors (Lipinski definition) is 0. The first kappa shape index (κ1) is 17.1. The van der Waals surface area contributed by atoms with Gasteiger partial charge in [0.2, 0.25) is 0 Å². The highest BCUT2D eigenvalue weighted by atomic mass is 14.4. The van der Waals surface area contributed by atoms with Crippen molar-refractivity contribution in [1.82, 2.24) is 0 Å². The highest BCUT2D eigenvalue weighted by molar-refractivity contribution is 4.90. The second-order valence-corrected chi connectivity index (χ2v) is 7.83. The zero-order valence-corrected chi connectivity index (χ0v) is 14.7. The van der Waals surface area contributed by atoms with E-state index >= 15 is 0 Å². The van der Waals surface area contributed by atoms with E-state index in [4.69, 9.17) is 0 Å². The van der Waals surface area contributed by atoms with Gasteiger partial charge in [-0.3, -0.25) is 0 Å². The van der Waals surface area contributed by atoms with E-state index < -0.39 is 0 Å². The molecule has 0 atom stereocenters. The standard InChI is InChI=1S/C21H38/c1-3-5-6-7-9-19-12-16-21(17-13-19)20-14-10-18(8-4-2)11-15-20/h4,8,18-21H,3,5-7,9-17H2,1-2H3. The van der Waals surface area contributed by atoms with E-state index in [0.717, 1.165) is 23.7 Å². The van der Waals surface area contributed by atoms with Gasteiger partial charge in [0.1, 0.15) is 0 Å². The van der Waals surface area contributed by atoms with Gasteiger partial charge in [0, 0.05) is 0 Å². The lowest BCUT2D eigenvalue weighted by Crippen LogP contribution is -2.25. The average molecular weight is 291 g/mol. The molecule has 2 saturated carbocycles. The molecule has 2 aliphatic rings. The number of rotatable bonds is 7. The maximum atomic E-state index is 2.45. The fraction of sp³-hybridized carbons (Fsp3) is 0.905. The molecule has 0 nitrogen and oxygen atoms in total. The lowest BCUT2D eigenvalue weighted by molar-refractivity contribution is 0.151. The molecule has 0 unspecified atom stereocenters. The van der Waals surface area contributed by atoms with Gasteiger partial charge in [0.15, 0.2) is 0 Å². The Morgan fingerprint density at radius 1 is 0.762 bits per heavy atom. The normalized spacial score (nSPS) is 34.4. The second-order valence-electron chi connectivity index (χ2n) is 7.83. The van der Waals surface area contributed by atoms with Crippen LogP contribution in [0.15, 0.2) is 12.2 Å². The molecule has 0 heteroatoms. The summed E-state index contributed by atoms with van der Waals surface area (Å²) in [5.41, 5.74) is 0.